The minimum Gasteiger partial charge on any atom is -0.448 e. The number of anilines is 1. The van der Waals surface area contributed by atoms with Crippen LogP contribution in [-0.2, 0) is 16.1 Å². The largest absolute Gasteiger partial charge is 0.448 e. The van der Waals surface area contributed by atoms with Crippen LogP contribution < -0.4 is 11.1 Å². The second-order valence-electron chi connectivity index (χ2n) is 5.95. The number of nitrogens with two attached hydrogens (primary N) is 1. The Hall–Kier alpha value is -2.05. The Morgan fingerprint density at radius 3 is 2.48 bits per heavy atom. The van der Waals surface area contributed by atoms with Gasteiger partial charge in [-0.1, -0.05) is 0 Å². The Bertz CT molecular complexity index is 543. The molecule has 1 heterocycles. The van der Waals surface area contributed by atoms with Crippen LogP contribution in [0.5, 0.6) is 0 Å². The summed E-state index contributed by atoms with van der Waals surface area (Å²) in [6.45, 7) is 11.1. The number of rotatable bonds is 4. The number of aromatic nitrogens is 2. The third kappa shape index (κ3) is 4.21. The van der Waals surface area contributed by atoms with Gasteiger partial charge in [0.25, 0.3) is 5.91 Å². The number of nitrogens with zero attached hydrogens (tertiary/aromatic N) is 2. The van der Waals surface area contributed by atoms with Crippen LogP contribution in [0.1, 0.15) is 50.8 Å². The summed E-state index contributed by atoms with van der Waals surface area (Å²) in [7, 11) is 0. The fourth-order valence-corrected chi connectivity index (χ4v) is 1.78. The third-order valence-corrected chi connectivity index (χ3v) is 2.82. The molecule has 0 saturated heterocycles. The molecule has 7 heteroatoms. The van der Waals surface area contributed by atoms with Gasteiger partial charge in [-0.2, -0.15) is 5.10 Å². The molecule has 7 nitrogen and oxygen atoms in total. The molecule has 0 radical (unpaired) electrons. The van der Waals surface area contributed by atoms with Gasteiger partial charge < -0.3 is 15.8 Å². The van der Waals surface area contributed by atoms with Crippen molar-refractivity contribution < 1.29 is 14.3 Å². The number of esters is 1. The van der Waals surface area contributed by atoms with Crippen LogP contribution in [0.3, 0.4) is 0 Å². The lowest BCUT2D eigenvalue weighted by molar-refractivity contribution is -0.130. The molecule has 21 heavy (non-hydrogen) atoms. The number of carbonyl (C=O) groups is 2. The molecule has 0 saturated carbocycles. The summed E-state index contributed by atoms with van der Waals surface area (Å²) in [6, 6.07) is 0. The van der Waals surface area contributed by atoms with Crippen molar-refractivity contribution in [3.05, 3.63) is 11.4 Å². The predicted octanol–water partition coefficient (Wildman–Crippen LogP) is 1.25. The summed E-state index contributed by atoms with van der Waals surface area (Å²) in [5.74, 6) is -1.000. The Balaban J connectivity index is 2.84. The molecule has 118 valence electrons. The highest BCUT2D eigenvalue weighted by Gasteiger charge is 2.26. The van der Waals surface area contributed by atoms with Crippen molar-refractivity contribution >= 4 is 17.6 Å². The van der Waals surface area contributed by atoms with E-state index in [0.717, 1.165) is 0 Å². The first-order valence-corrected chi connectivity index (χ1v) is 6.92. The van der Waals surface area contributed by atoms with E-state index >= 15 is 0 Å². The van der Waals surface area contributed by atoms with E-state index in [0.29, 0.717) is 12.2 Å². The summed E-state index contributed by atoms with van der Waals surface area (Å²) in [5, 5.41) is 6.91. The molecular formula is C14H24N4O3. The molecule has 1 aromatic rings. The zero-order valence-corrected chi connectivity index (χ0v) is 13.5. The minimum atomic E-state index is -0.906. The maximum Gasteiger partial charge on any atom is 0.359 e. The fourth-order valence-electron chi connectivity index (χ4n) is 1.78. The summed E-state index contributed by atoms with van der Waals surface area (Å²) >= 11 is 0. The summed E-state index contributed by atoms with van der Waals surface area (Å²) < 4.78 is 6.66. The monoisotopic (exact) mass is 296 g/mol. The van der Waals surface area contributed by atoms with Crippen molar-refractivity contribution in [2.75, 3.05) is 5.73 Å². The topological polar surface area (TPSA) is 99.2 Å². The quantitative estimate of drug-likeness (QED) is 0.815. The van der Waals surface area contributed by atoms with Crippen LogP contribution in [0.2, 0.25) is 0 Å². The number of amides is 1. The van der Waals surface area contributed by atoms with E-state index in [2.05, 4.69) is 10.4 Å². The Morgan fingerprint density at radius 2 is 2.00 bits per heavy atom. The van der Waals surface area contributed by atoms with Gasteiger partial charge in [0.05, 0.1) is 11.4 Å². The molecule has 0 aliphatic rings. The molecule has 0 aliphatic heterocycles. The van der Waals surface area contributed by atoms with Gasteiger partial charge in [-0.05, 0) is 41.5 Å². The van der Waals surface area contributed by atoms with E-state index in [1.807, 2.05) is 27.7 Å². The van der Waals surface area contributed by atoms with E-state index in [4.69, 9.17) is 10.5 Å². The minimum absolute atomic E-state index is 0.186. The fraction of sp³-hybridized carbons (Fsp3) is 0.643. The first-order chi connectivity index (χ1) is 9.56. The molecule has 1 aromatic heterocycles. The number of aryl methyl sites for hydroxylation is 2. The van der Waals surface area contributed by atoms with Gasteiger partial charge in [0.15, 0.2) is 11.8 Å². The summed E-state index contributed by atoms with van der Waals surface area (Å²) in [6.07, 6.45) is -0.906. The number of hydrogen-bond donors (Lipinski definition) is 2. The van der Waals surface area contributed by atoms with Gasteiger partial charge in [0, 0.05) is 12.1 Å². The molecule has 0 fully saturated rings. The highest BCUT2D eigenvalue weighted by atomic mass is 16.5. The maximum absolute atomic E-state index is 12.2. The summed E-state index contributed by atoms with van der Waals surface area (Å²) in [5.41, 5.74) is 6.49. The van der Waals surface area contributed by atoms with Crippen molar-refractivity contribution in [1.29, 1.82) is 0 Å². The molecule has 1 atom stereocenters. The lowest BCUT2D eigenvalue weighted by Gasteiger charge is -2.23. The van der Waals surface area contributed by atoms with Crippen LogP contribution in [-0.4, -0.2) is 33.3 Å². The zero-order chi connectivity index (χ0) is 16.4. The van der Waals surface area contributed by atoms with E-state index in [-0.39, 0.29) is 17.3 Å². The first kappa shape index (κ1) is 17.0. The average Bonchev–Trinajstić information content (AvgIpc) is 2.63. The van der Waals surface area contributed by atoms with E-state index < -0.39 is 17.6 Å². The first-order valence-electron chi connectivity index (χ1n) is 6.92. The van der Waals surface area contributed by atoms with Crippen LogP contribution >= 0.6 is 0 Å². The Kier molecular flexibility index (Phi) is 4.98. The number of nitrogen functional groups attached to an aromatic ring is 1. The van der Waals surface area contributed by atoms with Crippen LogP contribution in [0.4, 0.5) is 5.69 Å². The second-order valence-corrected chi connectivity index (χ2v) is 5.95. The van der Waals surface area contributed by atoms with Gasteiger partial charge >= 0.3 is 5.97 Å². The lowest BCUT2D eigenvalue weighted by Crippen LogP contribution is -2.46. The van der Waals surface area contributed by atoms with Gasteiger partial charge in [-0.3, -0.25) is 9.48 Å². The Morgan fingerprint density at radius 1 is 1.43 bits per heavy atom. The van der Waals surface area contributed by atoms with Gasteiger partial charge in [0.1, 0.15) is 0 Å². The molecule has 0 aromatic carbocycles. The van der Waals surface area contributed by atoms with Crippen LogP contribution in [0.25, 0.3) is 0 Å². The highest BCUT2D eigenvalue weighted by Crippen LogP contribution is 2.18. The number of nitrogens with one attached hydrogen (secondary N) is 1. The van der Waals surface area contributed by atoms with Crippen molar-refractivity contribution in [1.82, 2.24) is 15.1 Å². The molecular weight excluding hydrogens is 272 g/mol. The van der Waals surface area contributed by atoms with E-state index in [1.165, 1.54) is 11.6 Å². The molecule has 1 unspecified atom stereocenters. The van der Waals surface area contributed by atoms with Crippen molar-refractivity contribution in [3.8, 4) is 0 Å². The number of ether oxygens (including phenoxy) is 1. The maximum atomic E-state index is 12.2. The molecule has 0 spiro atoms. The SMILES string of the molecule is CCn1nc(C)c(N)c1C(=O)OC(C)C(=O)NC(C)(C)C. The zero-order valence-electron chi connectivity index (χ0n) is 13.5. The molecule has 1 amide bonds. The third-order valence-electron chi connectivity index (χ3n) is 2.82. The predicted molar refractivity (Wildman–Crippen MR) is 79.8 cm³/mol. The van der Waals surface area contributed by atoms with Gasteiger partial charge in [-0.25, -0.2) is 4.79 Å². The van der Waals surface area contributed by atoms with Gasteiger partial charge in [-0.15, -0.1) is 0 Å². The normalized spacial score (nSPS) is 12.9. The average molecular weight is 296 g/mol. The smallest absolute Gasteiger partial charge is 0.359 e. The van der Waals surface area contributed by atoms with E-state index in [1.54, 1.807) is 6.92 Å². The molecule has 3 N–H and O–H groups in total. The van der Waals surface area contributed by atoms with Gasteiger partial charge in [0.2, 0.25) is 0 Å². The second kappa shape index (κ2) is 6.15. The summed E-state index contributed by atoms with van der Waals surface area (Å²) in [4.78, 5) is 24.1. The number of hydrogen-bond acceptors (Lipinski definition) is 5. The standard InChI is InChI=1S/C14H24N4O3/c1-7-18-11(10(15)8(2)17-18)13(20)21-9(3)12(19)16-14(4,5)6/h9H,7,15H2,1-6H3,(H,16,19). The molecule has 0 bridgehead atoms. The molecule has 1 rings (SSSR count). The van der Waals surface area contributed by atoms with E-state index in [9.17, 15) is 9.59 Å². The molecule has 0 aliphatic carbocycles. The van der Waals surface area contributed by atoms with Crippen LogP contribution in [0.15, 0.2) is 0 Å². The number of carbonyl (C=O) groups excluding carboxylic acids is 2. The van der Waals surface area contributed by atoms with Crippen molar-refractivity contribution in [2.24, 2.45) is 0 Å². The van der Waals surface area contributed by atoms with Crippen LogP contribution in [0, 0.1) is 6.92 Å². The van der Waals surface area contributed by atoms with Crippen molar-refractivity contribution in [2.45, 2.75) is 59.7 Å². The lowest BCUT2D eigenvalue weighted by atomic mass is 10.1. The Labute approximate surface area is 124 Å². The van der Waals surface area contributed by atoms with Crippen molar-refractivity contribution in [3.63, 3.8) is 0 Å². The highest BCUT2D eigenvalue weighted by molar-refractivity contribution is 5.95.